The van der Waals surface area contributed by atoms with E-state index in [1.807, 2.05) is 0 Å². The third kappa shape index (κ3) is 2.26. The van der Waals surface area contributed by atoms with Crippen molar-refractivity contribution in [1.29, 1.82) is 0 Å². The first kappa shape index (κ1) is 11.9. The molecule has 0 atom stereocenters. The number of benzene rings is 1. The summed E-state index contributed by atoms with van der Waals surface area (Å²) in [5, 5.41) is 0. The van der Waals surface area contributed by atoms with Gasteiger partial charge in [0.05, 0.1) is 5.69 Å². The molecule has 0 radical (unpaired) electrons. The SMILES string of the molecule is CN(C)c1c(F)ccc(F)c1C(C)(C)N. The van der Waals surface area contributed by atoms with Gasteiger partial charge in [-0.05, 0) is 26.0 Å². The van der Waals surface area contributed by atoms with Crippen molar-refractivity contribution in [3.8, 4) is 0 Å². The van der Waals surface area contributed by atoms with Gasteiger partial charge in [0.25, 0.3) is 0 Å². The zero-order valence-electron chi connectivity index (χ0n) is 9.44. The second-order valence-corrected chi connectivity index (χ2v) is 4.37. The molecule has 0 aliphatic rings. The highest BCUT2D eigenvalue weighted by Gasteiger charge is 2.26. The predicted octanol–water partition coefficient (Wildman–Crippen LogP) is 2.22. The van der Waals surface area contributed by atoms with Crippen molar-refractivity contribution < 1.29 is 8.78 Å². The first-order valence-corrected chi connectivity index (χ1v) is 4.70. The quantitative estimate of drug-likeness (QED) is 0.818. The van der Waals surface area contributed by atoms with E-state index in [-0.39, 0.29) is 11.3 Å². The minimum Gasteiger partial charge on any atom is -0.375 e. The number of anilines is 1. The van der Waals surface area contributed by atoms with E-state index in [2.05, 4.69) is 0 Å². The third-order valence-corrected chi connectivity index (χ3v) is 2.17. The Morgan fingerprint density at radius 2 is 1.60 bits per heavy atom. The average molecular weight is 214 g/mol. The fourth-order valence-electron chi connectivity index (χ4n) is 1.59. The van der Waals surface area contributed by atoms with E-state index in [1.165, 1.54) is 4.90 Å². The van der Waals surface area contributed by atoms with Gasteiger partial charge in [-0.1, -0.05) is 0 Å². The van der Waals surface area contributed by atoms with Gasteiger partial charge in [0.1, 0.15) is 11.6 Å². The van der Waals surface area contributed by atoms with Crippen LogP contribution in [0.3, 0.4) is 0 Å². The largest absolute Gasteiger partial charge is 0.375 e. The molecular formula is C11H16F2N2. The van der Waals surface area contributed by atoms with E-state index in [4.69, 9.17) is 5.73 Å². The molecule has 4 heteroatoms. The number of nitrogens with zero attached hydrogens (tertiary/aromatic N) is 1. The summed E-state index contributed by atoms with van der Waals surface area (Å²) in [4.78, 5) is 1.53. The standard InChI is InChI=1S/C11H16F2N2/c1-11(2,14)9-7(12)5-6-8(13)10(9)15(3)4/h5-6H,14H2,1-4H3. The molecule has 2 N–H and O–H groups in total. The summed E-state index contributed by atoms with van der Waals surface area (Å²) >= 11 is 0. The van der Waals surface area contributed by atoms with Crippen LogP contribution < -0.4 is 10.6 Å². The van der Waals surface area contributed by atoms with Crippen LogP contribution in [0.2, 0.25) is 0 Å². The molecule has 0 aliphatic heterocycles. The van der Waals surface area contributed by atoms with E-state index in [0.29, 0.717) is 0 Å². The molecule has 0 saturated carbocycles. The maximum atomic E-state index is 13.6. The lowest BCUT2D eigenvalue weighted by molar-refractivity contribution is 0.493. The Labute approximate surface area is 88.7 Å². The second-order valence-electron chi connectivity index (χ2n) is 4.37. The van der Waals surface area contributed by atoms with Gasteiger partial charge in [-0.3, -0.25) is 0 Å². The molecule has 0 spiro atoms. The molecule has 0 fully saturated rings. The molecule has 2 nitrogen and oxygen atoms in total. The molecule has 1 aromatic carbocycles. The fraction of sp³-hybridized carbons (Fsp3) is 0.455. The summed E-state index contributed by atoms with van der Waals surface area (Å²) in [5.41, 5.74) is 5.33. The Morgan fingerprint density at radius 1 is 1.13 bits per heavy atom. The highest BCUT2D eigenvalue weighted by molar-refractivity contribution is 5.57. The summed E-state index contributed by atoms with van der Waals surface area (Å²) in [6.45, 7) is 3.30. The lowest BCUT2D eigenvalue weighted by Crippen LogP contribution is -2.33. The van der Waals surface area contributed by atoms with Gasteiger partial charge >= 0.3 is 0 Å². The van der Waals surface area contributed by atoms with Crippen LogP contribution in [-0.4, -0.2) is 14.1 Å². The normalized spacial score (nSPS) is 11.7. The van der Waals surface area contributed by atoms with Crippen LogP contribution in [0.5, 0.6) is 0 Å². The van der Waals surface area contributed by atoms with Crippen LogP contribution in [-0.2, 0) is 5.54 Å². The Balaban J connectivity index is 3.53. The lowest BCUT2D eigenvalue weighted by atomic mass is 9.92. The summed E-state index contributed by atoms with van der Waals surface area (Å²) in [6, 6.07) is 2.21. The maximum absolute atomic E-state index is 13.6. The van der Waals surface area contributed by atoms with Crippen LogP contribution in [0.1, 0.15) is 19.4 Å². The van der Waals surface area contributed by atoms with Crippen LogP contribution >= 0.6 is 0 Å². The van der Waals surface area contributed by atoms with Crippen molar-refractivity contribution in [3.63, 3.8) is 0 Å². The highest BCUT2D eigenvalue weighted by Crippen LogP contribution is 2.32. The minimum absolute atomic E-state index is 0.201. The van der Waals surface area contributed by atoms with E-state index >= 15 is 0 Å². The molecule has 0 saturated heterocycles. The van der Waals surface area contributed by atoms with Crippen LogP contribution in [0.15, 0.2) is 12.1 Å². The van der Waals surface area contributed by atoms with Crippen LogP contribution in [0.4, 0.5) is 14.5 Å². The number of nitrogens with two attached hydrogens (primary N) is 1. The Kier molecular flexibility index (Phi) is 3.00. The zero-order valence-corrected chi connectivity index (χ0v) is 9.44. The summed E-state index contributed by atoms with van der Waals surface area (Å²) in [6.07, 6.45) is 0. The summed E-state index contributed by atoms with van der Waals surface area (Å²) < 4.78 is 27.2. The van der Waals surface area contributed by atoms with E-state index < -0.39 is 17.2 Å². The molecular weight excluding hydrogens is 198 g/mol. The fourth-order valence-corrected chi connectivity index (χ4v) is 1.59. The Hall–Kier alpha value is -1.16. The predicted molar refractivity (Wildman–Crippen MR) is 57.9 cm³/mol. The molecule has 0 amide bonds. The summed E-state index contributed by atoms with van der Waals surface area (Å²) in [7, 11) is 3.32. The minimum atomic E-state index is -0.911. The van der Waals surface area contributed by atoms with Gasteiger partial charge in [0, 0.05) is 25.2 Å². The smallest absolute Gasteiger partial charge is 0.147 e. The number of rotatable bonds is 2. The number of hydrogen-bond donors (Lipinski definition) is 1. The Bertz CT molecular complexity index is 368. The average Bonchev–Trinajstić information content (AvgIpc) is 2.05. The second kappa shape index (κ2) is 3.77. The maximum Gasteiger partial charge on any atom is 0.147 e. The van der Waals surface area contributed by atoms with Gasteiger partial charge in [-0.15, -0.1) is 0 Å². The topological polar surface area (TPSA) is 29.3 Å². The molecule has 0 aromatic heterocycles. The van der Waals surface area contributed by atoms with Crippen molar-refractivity contribution in [2.24, 2.45) is 5.73 Å². The van der Waals surface area contributed by atoms with Gasteiger partial charge in [0.2, 0.25) is 0 Å². The van der Waals surface area contributed by atoms with E-state index in [9.17, 15) is 8.78 Å². The van der Waals surface area contributed by atoms with Crippen molar-refractivity contribution in [2.45, 2.75) is 19.4 Å². The zero-order chi connectivity index (χ0) is 11.8. The van der Waals surface area contributed by atoms with Crippen LogP contribution in [0.25, 0.3) is 0 Å². The van der Waals surface area contributed by atoms with Gasteiger partial charge in [-0.25, -0.2) is 8.78 Å². The lowest BCUT2D eigenvalue weighted by Gasteiger charge is -2.27. The van der Waals surface area contributed by atoms with Crippen molar-refractivity contribution in [2.75, 3.05) is 19.0 Å². The van der Waals surface area contributed by atoms with Crippen LogP contribution in [0, 0.1) is 11.6 Å². The third-order valence-electron chi connectivity index (χ3n) is 2.17. The van der Waals surface area contributed by atoms with E-state index in [1.54, 1.807) is 27.9 Å². The van der Waals surface area contributed by atoms with Gasteiger partial charge in [0.15, 0.2) is 0 Å². The Morgan fingerprint density at radius 3 is 1.93 bits per heavy atom. The molecule has 1 rings (SSSR count). The van der Waals surface area contributed by atoms with Gasteiger partial charge < -0.3 is 10.6 Å². The van der Waals surface area contributed by atoms with Crippen molar-refractivity contribution >= 4 is 5.69 Å². The van der Waals surface area contributed by atoms with Crippen molar-refractivity contribution in [1.82, 2.24) is 0 Å². The van der Waals surface area contributed by atoms with Gasteiger partial charge in [-0.2, -0.15) is 0 Å². The van der Waals surface area contributed by atoms with E-state index in [0.717, 1.165) is 12.1 Å². The molecule has 84 valence electrons. The molecule has 0 heterocycles. The number of hydrogen-bond acceptors (Lipinski definition) is 2. The molecule has 0 unspecified atom stereocenters. The highest BCUT2D eigenvalue weighted by atomic mass is 19.1. The molecule has 15 heavy (non-hydrogen) atoms. The monoisotopic (exact) mass is 214 g/mol. The first-order chi connectivity index (χ1) is 6.75. The molecule has 0 bridgehead atoms. The first-order valence-electron chi connectivity index (χ1n) is 4.70. The molecule has 1 aromatic rings. The number of halogens is 2. The molecule has 0 aliphatic carbocycles. The van der Waals surface area contributed by atoms with Crippen molar-refractivity contribution in [3.05, 3.63) is 29.3 Å². The summed E-state index contributed by atoms with van der Waals surface area (Å²) in [5.74, 6) is -0.942.